The number of morpholine rings is 1. The molecule has 8 heteroatoms. The van der Waals surface area contributed by atoms with E-state index in [0.717, 1.165) is 25.1 Å². The Balaban J connectivity index is 1.42. The summed E-state index contributed by atoms with van der Waals surface area (Å²) in [5.74, 6) is 0.165. The number of carbonyl (C=O) groups is 2. The number of carbonyl (C=O) groups excluding carboxylic acids is 2. The SMILES string of the molecule is CN(C)C(=O)C[C@H]1CN2C[C@@H](NC(=O)CCc3cn[nH]c3)C[C@H]2CO1. The van der Waals surface area contributed by atoms with Crippen molar-refractivity contribution in [3.8, 4) is 0 Å². The van der Waals surface area contributed by atoms with Crippen molar-refractivity contribution in [1.82, 2.24) is 25.3 Å². The van der Waals surface area contributed by atoms with Gasteiger partial charge in [-0.3, -0.25) is 19.6 Å². The van der Waals surface area contributed by atoms with Crippen LogP contribution in [0.5, 0.6) is 0 Å². The average molecular weight is 349 g/mol. The number of amides is 2. The van der Waals surface area contributed by atoms with Gasteiger partial charge >= 0.3 is 0 Å². The Morgan fingerprint density at radius 2 is 2.28 bits per heavy atom. The lowest BCUT2D eigenvalue weighted by atomic mass is 10.1. The normalized spacial score (nSPS) is 26.2. The van der Waals surface area contributed by atoms with Crippen molar-refractivity contribution >= 4 is 11.8 Å². The van der Waals surface area contributed by atoms with Crippen LogP contribution in [0.2, 0.25) is 0 Å². The molecule has 8 nitrogen and oxygen atoms in total. The molecule has 138 valence electrons. The van der Waals surface area contributed by atoms with Gasteiger partial charge in [0.25, 0.3) is 0 Å². The summed E-state index contributed by atoms with van der Waals surface area (Å²) in [6.45, 7) is 2.22. The van der Waals surface area contributed by atoms with E-state index in [9.17, 15) is 9.59 Å². The summed E-state index contributed by atoms with van der Waals surface area (Å²) < 4.78 is 5.85. The Hall–Kier alpha value is -1.93. The van der Waals surface area contributed by atoms with Gasteiger partial charge in [0.1, 0.15) is 0 Å². The van der Waals surface area contributed by atoms with Crippen LogP contribution >= 0.6 is 0 Å². The number of aryl methyl sites for hydroxylation is 1. The zero-order valence-electron chi connectivity index (χ0n) is 14.9. The number of hydrogen-bond acceptors (Lipinski definition) is 5. The van der Waals surface area contributed by atoms with Crippen molar-refractivity contribution < 1.29 is 14.3 Å². The highest BCUT2D eigenvalue weighted by Gasteiger charge is 2.38. The van der Waals surface area contributed by atoms with Gasteiger partial charge in [0, 0.05) is 51.9 Å². The molecule has 3 heterocycles. The number of H-pyrrole nitrogens is 1. The number of ether oxygens (including phenoxy) is 1. The van der Waals surface area contributed by atoms with E-state index < -0.39 is 0 Å². The van der Waals surface area contributed by atoms with Gasteiger partial charge < -0.3 is 15.0 Å². The van der Waals surface area contributed by atoms with Crippen molar-refractivity contribution in [3.63, 3.8) is 0 Å². The second kappa shape index (κ2) is 7.97. The van der Waals surface area contributed by atoms with Gasteiger partial charge in [0.2, 0.25) is 11.8 Å². The molecule has 2 amide bonds. The molecule has 2 fully saturated rings. The van der Waals surface area contributed by atoms with Crippen LogP contribution < -0.4 is 5.32 Å². The first-order valence-corrected chi connectivity index (χ1v) is 8.84. The third kappa shape index (κ3) is 4.79. The van der Waals surface area contributed by atoms with Gasteiger partial charge in [-0.2, -0.15) is 5.10 Å². The molecule has 2 aliphatic heterocycles. The van der Waals surface area contributed by atoms with E-state index in [0.29, 0.717) is 31.9 Å². The summed E-state index contributed by atoms with van der Waals surface area (Å²) in [4.78, 5) is 27.9. The monoisotopic (exact) mass is 349 g/mol. The zero-order valence-corrected chi connectivity index (χ0v) is 14.9. The molecule has 3 atom stereocenters. The Kier molecular flexibility index (Phi) is 5.70. The number of hydrogen-bond donors (Lipinski definition) is 2. The second-order valence-corrected chi connectivity index (χ2v) is 7.16. The molecule has 1 aromatic heterocycles. The van der Waals surface area contributed by atoms with Crippen LogP contribution in [0.1, 0.15) is 24.8 Å². The first-order valence-electron chi connectivity index (χ1n) is 8.84. The van der Waals surface area contributed by atoms with Gasteiger partial charge in [0.15, 0.2) is 0 Å². The predicted octanol–water partition coefficient (Wildman–Crippen LogP) is -0.221. The van der Waals surface area contributed by atoms with Crippen molar-refractivity contribution in [3.05, 3.63) is 18.0 Å². The highest BCUT2D eigenvalue weighted by atomic mass is 16.5. The third-order valence-corrected chi connectivity index (χ3v) is 4.95. The van der Waals surface area contributed by atoms with Crippen molar-refractivity contribution in [1.29, 1.82) is 0 Å². The molecule has 0 saturated carbocycles. The van der Waals surface area contributed by atoms with E-state index in [1.54, 1.807) is 25.2 Å². The first-order chi connectivity index (χ1) is 12.0. The molecule has 0 spiro atoms. The average Bonchev–Trinajstić information content (AvgIpc) is 3.21. The fourth-order valence-corrected chi connectivity index (χ4v) is 3.52. The molecule has 2 saturated heterocycles. The van der Waals surface area contributed by atoms with Gasteiger partial charge in [-0.1, -0.05) is 0 Å². The molecular weight excluding hydrogens is 322 g/mol. The molecular formula is C17H27N5O3. The minimum absolute atomic E-state index is 0.0540. The lowest BCUT2D eigenvalue weighted by Gasteiger charge is -2.35. The van der Waals surface area contributed by atoms with E-state index in [-0.39, 0.29) is 24.0 Å². The molecule has 3 rings (SSSR count). The van der Waals surface area contributed by atoms with E-state index in [1.807, 2.05) is 6.20 Å². The zero-order chi connectivity index (χ0) is 17.8. The van der Waals surface area contributed by atoms with Gasteiger partial charge in [-0.05, 0) is 18.4 Å². The van der Waals surface area contributed by atoms with Crippen LogP contribution in [0.25, 0.3) is 0 Å². The number of rotatable bonds is 6. The van der Waals surface area contributed by atoms with Gasteiger partial charge in [-0.25, -0.2) is 0 Å². The van der Waals surface area contributed by atoms with Crippen molar-refractivity contribution in [2.45, 2.75) is 43.9 Å². The minimum atomic E-state index is -0.0540. The summed E-state index contributed by atoms with van der Waals surface area (Å²) >= 11 is 0. The second-order valence-electron chi connectivity index (χ2n) is 7.16. The number of nitrogens with zero attached hydrogens (tertiary/aromatic N) is 3. The minimum Gasteiger partial charge on any atom is -0.375 e. The first kappa shape index (κ1) is 17.9. The van der Waals surface area contributed by atoms with Crippen LogP contribution in [0, 0.1) is 0 Å². The van der Waals surface area contributed by atoms with Crippen molar-refractivity contribution in [2.75, 3.05) is 33.8 Å². The Bertz CT molecular complexity index is 589. The maximum Gasteiger partial charge on any atom is 0.224 e. The summed E-state index contributed by atoms with van der Waals surface area (Å²) in [5.41, 5.74) is 1.04. The third-order valence-electron chi connectivity index (χ3n) is 4.95. The topological polar surface area (TPSA) is 90.6 Å². The van der Waals surface area contributed by atoms with Crippen LogP contribution in [0.3, 0.4) is 0 Å². The molecule has 2 N–H and O–H groups in total. The molecule has 1 aromatic rings. The van der Waals surface area contributed by atoms with Crippen LogP contribution in [0.15, 0.2) is 12.4 Å². The highest BCUT2D eigenvalue weighted by Crippen LogP contribution is 2.24. The van der Waals surface area contributed by atoms with E-state index in [1.165, 1.54) is 0 Å². The number of nitrogens with one attached hydrogen (secondary N) is 2. The maximum atomic E-state index is 12.1. The summed E-state index contributed by atoms with van der Waals surface area (Å²) in [6, 6.07) is 0.499. The molecule has 25 heavy (non-hydrogen) atoms. The van der Waals surface area contributed by atoms with E-state index in [2.05, 4.69) is 20.4 Å². The fraction of sp³-hybridized carbons (Fsp3) is 0.706. The van der Waals surface area contributed by atoms with Crippen LogP contribution in [-0.2, 0) is 20.7 Å². The van der Waals surface area contributed by atoms with E-state index >= 15 is 0 Å². The molecule has 0 aliphatic carbocycles. The van der Waals surface area contributed by atoms with Crippen LogP contribution in [-0.4, -0.2) is 83.8 Å². The molecule has 0 radical (unpaired) electrons. The maximum absolute atomic E-state index is 12.1. The smallest absolute Gasteiger partial charge is 0.224 e. The highest BCUT2D eigenvalue weighted by molar-refractivity contribution is 5.76. The molecule has 2 aliphatic rings. The van der Waals surface area contributed by atoms with Crippen LogP contribution in [0.4, 0.5) is 0 Å². The van der Waals surface area contributed by atoms with Gasteiger partial charge in [-0.15, -0.1) is 0 Å². The number of fused-ring (bicyclic) bond motifs is 1. The molecule has 0 bridgehead atoms. The molecule has 0 unspecified atom stereocenters. The quantitative estimate of drug-likeness (QED) is 0.741. The number of aromatic nitrogens is 2. The lowest BCUT2D eigenvalue weighted by molar-refractivity contribution is -0.134. The fourth-order valence-electron chi connectivity index (χ4n) is 3.52. The standard InChI is InChI=1S/C17H27N5O3/c1-21(2)17(24)6-15-10-22-9-13(5-14(22)11-25-15)20-16(23)4-3-12-7-18-19-8-12/h7-8,13-15H,3-6,9-11H2,1-2H3,(H,18,19)(H,20,23)/t13-,14-,15-/m0/s1. The summed E-state index contributed by atoms with van der Waals surface area (Å²) in [7, 11) is 3.53. The van der Waals surface area contributed by atoms with Crippen molar-refractivity contribution in [2.24, 2.45) is 0 Å². The van der Waals surface area contributed by atoms with Gasteiger partial charge in [0.05, 0.1) is 25.3 Å². The van der Waals surface area contributed by atoms with E-state index in [4.69, 9.17) is 4.74 Å². The largest absolute Gasteiger partial charge is 0.375 e. The Morgan fingerprint density at radius 3 is 3.00 bits per heavy atom. The number of aromatic amines is 1. The predicted molar refractivity (Wildman–Crippen MR) is 91.9 cm³/mol. The lowest BCUT2D eigenvalue weighted by Crippen LogP contribution is -2.47. The summed E-state index contributed by atoms with van der Waals surface area (Å²) in [5, 5.41) is 9.77. The summed E-state index contributed by atoms with van der Waals surface area (Å²) in [6.07, 6.45) is 5.99. The molecule has 0 aromatic carbocycles. The Morgan fingerprint density at radius 1 is 1.44 bits per heavy atom. The Labute approximate surface area is 147 Å².